The number of carbonyl (C=O) groups is 1. The van der Waals surface area contributed by atoms with Gasteiger partial charge in [0.05, 0.1) is 31.2 Å². The Kier molecular flexibility index (Phi) is 5.16. The number of hydrogen-bond donors (Lipinski definition) is 0. The van der Waals surface area contributed by atoms with Crippen LogP contribution < -0.4 is 9.47 Å². The van der Waals surface area contributed by atoms with Gasteiger partial charge in [-0.15, -0.1) is 0 Å². The van der Waals surface area contributed by atoms with Crippen molar-refractivity contribution in [3.8, 4) is 22.8 Å². The zero-order valence-electron chi connectivity index (χ0n) is 16.8. The third-order valence-electron chi connectivity index (χ3n) is 5.16. The molecule has 2 heterocycles. The van der Waals surface area contributed by atoms with E-state index in [1.165, 1.54) is 0 Å². The number of aromatic nitrogens is 2. The number of nitrogens with zero attached hydrogens (tertiary/aromatic N) is 3. The highest BCUT2D eigenvalue weighted by Crippen LogP contribution is 2.31. The minimum Gasteiger partial charge on any atom is -0.497 e. The lowest BCUT2D eigenvalue weighted by Crippen LogP contribution is -2.37. The molecule has 0 N–H and O–H groups in total. The SMILES string of the molecule is COc1ccc(-c2nc(C)nc3c2CN(C(=O)c2ccccc2OC)CC3)cc1. The molecule has 0 atom stereocenters. The number of benzene rings is 2. The fraction of sp³-hybridized carbons (Fsp3) is 0.261. The molecule has 6 heteroatoms. The molecule has 2 aromatic carbocycles. The lowest BCUT2D eigenvalue weighted by molar-refractivity contribution is 0.0730. The molecule has 0 unspecified atom stereocenters. The van der Waals surface area contributed by atoms with Gasteiger partial charge in [0.15, 0.2) is 0 Å². The van der Waals surface area contributed by atoms with Gasteiger partial charge in [-0.25, -0.2) is 9.97 Å². The normalized spacial score (nSPS) is 13.0. The molecule has 6 nitrogen and oxygen atoms in total. The van der Waals surface area contributed by atoms with Gasteiger partial charge in [-0.1, -0.05) is 12.1 Å². The summed E-state index contributed by atoms with van der Waals surface area (Å²) < 4.78 is 10.6. The first-order chi connectivity index (χ1) is 14.1. The van der Waals surface area contributed by atoms with Crippen LogP contribution in [-0.2, 0) is 13.0 Å². The lowest BCUT2D eigenvalue weighted by Gasteiger charge is -2.30. The molecule has 0 saturated heterocycles. The maximum Gasteiger partial charge on any atom is 0.257 e. The molecule has 148 valence electrons. The standard InChI is InChI=1S/C23H23N3O3/c1-15-24-20-12-13-26(23(27)18-6-4-5-7-21(18)29-3)14-19(20)22(25-15)16-8-10-17(28-2)11-9-16/h4-11H,12-14H2,1-3H3. The molecule has 1 aromatic heterocycles. The zero-order chi connectivity index (χ0) is 20.4. The third-order valence-corrected chi connectivity index (χ3v) is 5.16. The summed E-state index contributed by atoms with van der Waals surface area (Å²) >= 11 is 0. The number of rotatable bonds is 4. The van der Waals surface area contributed by atoms with Crippen LogP contribution in [0.4, 0.5) is 0 Å². The number of ether oxygens (including phenoxy) is 2. The Labute approximate surface area is 170 Å². The highest BCUT2D eigenvalue weighted by molar-refractivity contribution is 5.97. The van der Waals surface area contributed by atoms with Crippen molar-refractivity contribution >= 4 is 5.91 Å². The summed E-state index contributed by atoms with van der Waals surface area (Å²) in [4.78, 5) is 24.3. The molecular weight excluding hydrogens is 366 g/mol. The van der Waals surface area contributed by atoms with Crippen LogP contribution in [0.1, 0.15) is 27.4 Å². The second kappa shape index (κ2) is 7.91. The second-order valence-corrected chi connectivity index (χ2v) is 6.95. The number of methoxy groups -OCH3 is 2. The fourth-order valence-electron chi connectivity index (χ4n) is 3.69. The maximum absolute atomic E-state index is 13.2. The van der Waals surface area contributed by atoms with E-state index in [1.807, 2.05) is 48.2 Å². The van der Waals surface area contributed by atoms with Gasteiger partial charge >= 0.3 is 0 Å². The van der Waals surface area contributed by atoms with Crippen molar-refractivity contribution in [1.29, 1.82) is 0 Å². The summed E-state index contributed by atoms with van der Waals surface area (Å²) in [5.41, 5.74) is 4.42. The smallest absolute Gasteiger partial charge is 0.257 e. The van der Waals surface area contributed by atoms with Crippen LogP contribution in [0.25, 0.3) is 11.3 Å². The van der Waals surface area contributed by atoms with Crippen molar-refractivity contribution in [2.75, 3.05) is 20.8 Å². The molecule has 1 aliphatic heterocycles. The highest BCUT2D eigenvalue weighted by atomic mass is 16.5. The molecule has 3 aromatic rings. The van der Waals surface area contributed by atoms with E-state index in [1.54, 1.807) is 26.4 Å². The minimum absolute atomic E-state index is 0.0469. The molecule has 4 rings (SSSR count). The van der Waals surface area contributed by atoms with E-state index < -0.39 is 0 Å². The van der Waals surface area contributed by atoms with Crippen molar-refractivity contribution in [3.05, 3.63) is 71.2 Å². The Hall–Kier alpha value is -3.41. The van der Waals surface area contributed by atoms with Crippen LogP contribution in [0, 0.1) is 6.92 Å². The third kappa shape index (κ3) is 3.66. The summed E-state index contributed by atoms with van der Waals surface area (Å²) in [5, 5.41) is 0. The molecule has 1 aliphatic rings. The van der Waals surface area contributed by atoms with Crippen molar-refractivity contribution in [3.63, 3.8) is 0 Å². The first kappa shape index (κ1) is 18.9. The van der Waals surface area contributed by atoms with Crippen LogP contribution in [0.2, 0.25) is 0 Å². The van der Waals surface area contributed by atoms with E-state index in [9.17, 15) is 4.79 Å². The van der Waals surface area contributed by atoms with Crippen LogP contribution in [0.15, 0.2) is 48.5 Å². The largest absolute Gasteiger partial charge is 0.497 e. The Bertz CT molecular complexity index is 1050. The molecule has 0 spiro atoms. The first-order valence-corrected chi connectivity index (χ1v) is 9.54. The van der Waals surface area contributed by atoms with Gasteiger partial charge in [0.2, 0.25) is 0 Å². The molecule has 29 heavy (non-hydrogen) atoms. The molecule has 0 saturated carbocycles. The summed E-state index contributed by atoms with van der Waals surface area (Å²) in [5.74, 6) is 2.06. The molecule has 0 radical (unpaired) electrons. The van der Waals surface area contributed by atoms with Gasteiger partial charge in [0.25, 0.3) is 5.91 Å². The summed E-state index contributed by atoms with van der Waals surface area (Å²) in [6.45, 7) is 2.98. The lowest BCUT2D eigenvalue weighted by atomic mass is 9.98. The van der Waals surface area contributed by atoms with Crippen LogP contribution in [0.5, 0.6) is 11.5 Å². The molecule has 0 bridgehead atoms. The Morgan fingerprint density at radius 3 is 2.48 bits per heavy atom. The van der Waals surface area contributed by atoms with Crippen LogP contribution in [0.3, 0.4) is 0 Å². The molecule has 0 fully saturated rings. The first-order valence-electron chi connectivity index (χ1n) is 9.54. The highest BCUT2D eigenvalue weighted by Gasteiger charge is 2.27. The van der Waals surface area contributed by atoms with Crippen molar-refractivity contribution in [2.24, 2.45) is 0 Å². The van der Waals surface area contributed by atoms with Crippen molar-refractivity contribution in [2.45, 2.75) is 19.9 Å². The monoisotopic (exact) mass is 389 g/mol. The number of aryl methyl sites for hydroxylation is 1. The Balaban J connectivity index is 1.70. The van der Waals surface area contributed by atoms with Crippen molar-refractivity contribution in [1.82, 2.24) is 14.9 Å². The zero-order valence-corrected chi connectivity index (χ0v) is 16.8. The number of hydrogen-bond acceptors (Lipinski definition) is 5. The van der Waals surface area contributed by atoms with Crippen LogP contribution in [-0.4, -0.2) is 41.5 Å². The van der Waals surface area contributed by atoms with E-state index in [0.29, 0.717) is 30.8 Å². The van der Waals surface area contributed by atoms with Gasteiger partial charge < -0.3 is 14.4 Å². The predicted octanol–water partition coefficient (Wildman–Crippen LogP) is 3.67. The molecular formula is C23H23N3O3. The summed E-state index contributed by atoms with van der Waals surface area (Å²) in [7, 11) is 3.23. The average molecular weight is 389 g/mol. The number of para-hydroxylation sites is 1. The maximum atomic E-state index is 13.2. The summed E-state index contributed by atoms with van der Waals surface area (Å²) in [6, 6.07) is 15.1. The Morgan fingerprint density at radius 2 is 1.76 bits per heavy atom. The van der Waals surface area contributed by atoms with Crippen molar-refractivity contribution < 1.29 is 14.3 Å². The van der Waals surface area contributed by atoms with E-state index in [0.717, 1.165) is 34.1 Å². The van der Waals surface area contributed by atoms with Gasteiger partial charge in [0.1, 0.15) is 17.3 Å². The quantitative estimate of drug-likeness (QED) is 0.681. The fourth-order valence-corrected chi connectivity index (χ4v) is 3.69. The van der Waals surface area contributed by atoms with Gasteiger partial charge in [0, 0.05) is 30.6 Å². The van der Waals surface area contributed by atoms with Gasteiger partial charge in [-0.05, 0) is 43.3 Å². The van der Waals surface area contributed by atoms with Gasteiger partial charge in [-0.2, -0.15) is 0 Å². The second-order valence-electron chi connectivity index (χ2n) is 6.95. The number of amides is 1. The predicted molar refractivity (Wildman–Crippen MR) is 110 cm³/mol. The average Bonchev–Trinajstić information content (AvgIpc) is 2.77. The van der Waals surface area contributed by atoms with E-state index in [4.69, 9.17) is 14.5 Å². The minimum atomic E-state index is -0.0469. The van der Waals surface area contributed by atoms with E-state index in [2.05, 4.69) is 4.98 Å². The number of fused-ring (bicyclic) bond motifs is 1. The molecule has 1 amide bonds. The van der Waals surface area contributed by atoms with E-state index >= 15 is 0 Å². The molecule has 0 aliphatic carbocycles. The van der Waals surface area contributed by atoms with Gasteiger partial charge in [-0.3, -0.25) is 4.79 Å². The summed E-state index contributed by atoms with van der Waals surface area (Å²) in [6.07, 6.45) is 0.697. The van der Waals surface area contributed by atoms with E-state index in [-0.39, 0.29) is 5.91 Å². The topological polar surface area (TPSA) is 64.6 Å². The van der Waals surface area contributed by atoms with Crippen LogP contribution >= 0.6 is 0 Å². The number of carbonyl (C=O) groups excluding carboxylic acids is 1. The Morgan fingerprint density at radius 1 is 1.00 bits per heavy atom.